The van der Waals surface area contributed by atoms with Crippen molar-refractivity contribution in [3.63, 3.8) is 0 Å². The first-order valence-electron chi connectivity index (χ1n) is 11.2. The molecule has 3 aromatic rings. The maximum Gasteiger partial charge on any atom is 0.295 e. The number of imidazole rings is 1. The maximum absolute atomic E-state index is 13.2. The minimum Gasteiger partial charge on any atom is -0.507 e. The van der Waals surface area contributed by atoms with Crippen LogP contribution >= 0.6 is 11.6 Å². The summed E-state index contributed by atoms with van der Waals surface area (Å²) in [5, 5.41) is 11.8. The van der Waals surface area contributed by atoms with E-state index in [2.05, 4.69) is 4.98 Å². The van der Waals surface area contributed by atoms with Crippen molar-refractivity contribution in [2.24, 2.45) is 0 Å². The molecule has 7 nitrogen and oxygen atoms in total. The van der Waals surface area contributed by atoms with Crippen LogP contribution < -0.4 is 4.74 Å². The van der Waals surface area contributed by atoms with E-state index in [9.17, 15) is 14.7 Å². The van der Waals surface area contributed by atoms with Crippen molar-refractivity contribution < 1.29 is 19.4 Å². The van der Waals surface area contributed by atoms with Gasteiger partial charge in [-0.1, -0.05) is 23.7 Å². The van der Waals surface area contributed by atoms with E-state index in [-0.39, 0.29) is 17.4 Å². The molecule has 8 heteroatoms. The molecule has 0 aliphatic carbocycles. The molecule has 174 valence electrons. The van der Waals surface area contributed by atoms with E-state index < -0.39 is 17.7 Å². The van der Waals surface area contributed by atoms with Crippen LogP contribution in [-0.4, -0.2) is 43.9 Å². The zero-order chi connectivity index (χ0) is 23.8. The summed E-state index contributed by atoms with van der Waals surface area (Å²) >= 11 is 6.25. The highest BCUT2D eigenvalue weighted by Gasteiger charge is 2.46. The molecule has 0 spiro atoms. The minimum atomic E-state index is -0.732. The number of aliphatic hydroxyl groups excluding tert-OH is 1. The number of rotatable bonds is 6. The average molecular weight is 478 g/mol. The predicted octanol–water partition coefficient (Wildman–Crippen LogP) is 4.37. The molecule has 0 saturated carbocycles. The Labute approximate surface area is 202 Å². The van der Waals surface area contributed by atoms with Crippen LogP contribution in [0.2, 0.25) is 5.02 Å². The monoisotopic (exact) mass is 477 g/mol. The maximum atomic E-state index is 13.2. The SMILES string of the molecule is C[C@H]1Cc2cc(C(O)=C3C(=O)C(=O)N(CCCn4ccnc4)[C@@H]3c3cccc(Cl)c3)ccc2O1. The van der Waals surface area contributed by atoms with Crippen molar-refractivity contribution in [2.45, 2.75) is 38.5 Å². The summed E-state index contributed by atoms with van der Waals surface area (Å²) in [7, 11) is 0. The number of aliphatic hydroxyl groups is 1. The van der Waals surface area contributed by atoms with Crippen molar-refractivity contribution in [2.75, 3.05) is 6.54 Å². The third-order valence-corrected chi connectivity index (χ3v) is 6.48. The lowest BCUT2D eigenvalue weighted by Crippen LogP contribution is -2.31. The molecule has 0 bridgehead atoms. The second-order valence-corrected chi connectivity index (χ2v) is 9.09. The number of hydrogen-bond donors (Lipinski definition) is 1. The van der Waals surface area contributed by atoms with Crippen LogP contribution in [0.3, 0.4) is 0 Å². The first-order valence-corrected chi connectivity index (χ1v) is 11.6. The second kappa shape index (κ2) is 8.99. The number of likely N-dealkylation sites (tertiary alicyclic amines) is 1. The molecule has 1 fully saturated rings. The molecule has 5 rings (SSSR count). The fraction of sp³-hybridized carbons (Fsp3) is 0.269. The number of fused-ring (bicyclic) bond motifs is 1. The Morgan fingerprint density at radius 2 is 2.06 bits per heavy atom. The molecule has 0 radical (unpaired) electrons. The molecule has 2 aliphatic heterocycles. The summed E-state index contributed by atoms with van der Waals surface area (Å²) in [5.74, 6) is -0.747. The van der Waals surface area contributed by atoms with Gasteiger partial charge in [0.15, 0.2) is 0 Å². The van der Waals surface area contributed by atoms with Crippen LogP contribution in [0.15, 0.2) is 66.8 Å². The molecule has 1 amide bonds. The third kappa shape index (κ3) is 4.07. The lowest BCUT2D eigenvalue weighted by Gasteiger charge is -2.25. The zero-order valence-corrected chi connectivity index (χ0v) is 19.4. The van der Waals surface area contributed by atoms with Gasteiger partial charge < -0.3 is 19.3 Å². The Hall–Kier alpha value is -3.58. The minimum absolute atomic E-state index is 0.0555. The van der Waals surface area contributed by atoms with Crippen LogP contribution in [0.1, 0.15) is 36.1 Å². The van der Waals surface area contributed by atoms with Crippen LogP contribution in [-0.2, 0) is 22.6 Å². The number of amides is 1. The number of halogens is 1. The first-order chi connectivity index (χ1) is 16.4. The van der Waals surface area contributed by atoms with E-state index in [4.69, 9.17) is 16.3 Å². The highest BCUT2D eigenvalue weighted by atomic mass is 35.5. The summed E-state index contributed by atoms with van der Waals surface area (Å²) in [4.78, 5) is 31.9. The van der Waals surface area contributed by atoms with E-state index >= 15 is 0 Å². The number of hydrogen-bond acceptors (Lipinski definition) is 5. The molecular weight excluding hydrogens is 454 g/mol. The summed E-state index contributed by atoms with van der Waals surface area (Å²) in [6, 6.07) is 11.7. The molecule has 2 aliphatic rings. The van der Waals surface area contributed by atoms with Gasteiger partial charge in [-0.15, -0.1) is 0 Å². The van der Waals surface area contributed by atoms with Crippen LogP contribution in [0, 0.1) is 0 Å². The van der Waals surface area contributed by atoms with E-state index in [0.29, 0.717) is 35.7 Å². The number of aromatic nitrogens is 2. The summed E-state index contributed by atoms with van der Waals surface area (Å²) in [6.07, 6.45) is 6.65. The molecule has 1 aromatic heterocycles. The van der Waals surface area contributed by atoms with Gasteiger partial charge in [0.2, 0.25) is 0 Å². The van der Waals surface area contributed by atoms with Gasteiger partial charge in [0, 0.05) is 42.5 Å². The number of carbonyl (C=O) groups excluding carboxylic acids is 2. The molecule has 2 atom stereocenters. The number of aryl methyl sites for hydroxylation is 1. The number of ether oxygens (including phenoxy) is 1. The molecule has 34 heavy (non-hydrogen) atoms. The van der Waals surface area contributed by atoms with Gasteiger partial charge in [0.1, 0.15) is 17.6 Å². The van der Waals surface area contributed by atoms with E-state index in [1.165, 1.54) is 4.90 Å². The summed E-state index contributed by atoms with van der Waals surface area (Å²) in [5.41, 5.74) is 2.20. The van der Waals surface area contributed by atoms with Gasteiger partial charge in [-0.2, -0.15) is 0 Å². The standard InChI is InChI=1S/C26H24ClN3O4/c1-16-12-19-13-18(6-7-21(19)34-16)24(31)22-23(17-4-2-5-20(27)14-17)30(26(33)25(22)32)10-3-9-29-11-8-28-15-29/h2,4-8,11,13-16,23,31H,3,9-10,12H2,1H3/t16-,23+/m0/s1. The molecule has 1 saturated heterocycles. The Morgan fingerprint density at radius 1 is 1.21 bits per heavy atom. The van der Waals surface area contributed by atoms with Crippen molar-refractivity contribution >= 4 is 29.1 Å². The third-order valence-electron chi connectivity index (χ3n) is 6.25. The Bertz CT molecular complexity index is 1280. The Balaban J connectivity index is 1.53. The van der Waals surface area contributed by atoms with E-state index in [1.54, 1.807) is 42.9 Å². The van der Waals surface area contributed by atoms with Crippen LogP contribution in [0.5, 0.6) is 5.75 Å². The van der Waals surface area contributed by atoms with Crippen LogP contribution in [0.25, 0.3) is 5.76 Å². The smallest absolute Gasteiger partial charge is 0.295 e. The van der Waals surface area contributed by atoms with Gasteiger partial charge in [0.25, 0.3) is 11.7 Å². The number of Topliss-reactive ketones (excluding diaryl/α,β-unsaturated/α-hetero) is 1. The Kier molecular flexibility index (Phi) is 5.87. The topological polar surface area (TPSA) is 84.7 Å². The van der Waals surface area contributed by atoms with Gasteiger partial charge in [0.05, 0.1) is 17.9 Å². The molecule has 3 heterocycles. The quantitative estimate of drug-likeness (QED) is 0.324. The van der Waals surface area contributed by atoms with Gasteiger partial charge >= 0.3 is 0 Å². The predicted molar refractivity (Wildman–Crippen MR) is 128 cm³/mol. The number of carbonyl (C=O) groups is 2. The number of ketones is 1. The fourth-order valence-corrected chi connectivity index (χ4v) is 4.90. The lowest BCUT2D eigenvalue weighted by molar-refractivity contribution is -0.139. The van der Waals surface area contributed by atoms with Crippen molar-refractivity contribution in [3.8, 4) is 5.75 Å². The molecular formula is C26H24ClN3O4. The van der Waals surface area contributed by atoms with E-state index in [0.717, 1.165) is 17.7 Å². The lowest BCUT2D eigenvalue weighted by atomic mass is 9.94. The van der Waals surface area contributed by atoms with Gasteiger partial charge in [-0.25, -0.2) is 4.98 Å². The van der Waals surface area contributed by atoms with E-state index in [1.807, 2.05) is 29.8 Å². The zero-order valence-electron chi connectivity index (χ0n) is 18.6. The largest absolute Gasteiger partial charge is 0.507 e. The summed E-state index contributed by atoms with van der Waals surface area (Å²) < 4.78 is 7.67. The van der Waals surface area contributed by atoms with Crippen molar-refractivity contribution in [3.05, 3.63) is 88.5 Å². The molecule has 0 unspecified atom stereocenters. The summed E-state index contributed by atoms with van der Waals surface area (Å²) in [6.45, 7) is 2.97. The highest BCUT2D eigenvalue weighted by Crippen LogP contribution is 2.41. The fourth-order valence-electron chi connectivity index (χ4n) is 4.70. The first kappa shape index (κ1) is 22.2. The molecule has 2 aromatic carbocycles. The van der Waals surface area contributed by atoms with Crippen molar-refractivity contribution in [1.82, 2.24) is 14.5 Å². The second-order valence-electron chi connectivity index (χ2n) is 8.66. The normalized spacial score (nSPS) is 21.1. The number of nitrogens with zero attached hydrogens (tertiary/aromatic N) is 3. The van der Waals surface area contributed by atoms with Gasteiger partial charge in [-0.3, -0.25) is 9.59 Å². The highest BCUT2D eigenvalue weighted by molar-refractivity contribution is 6.46. The van der Waals surface area contributed by atoms with Crippen LogP contribution in [0.4, 0.5) is 0 Å². The molecule has 1 N–H and O–H groups in total. The van der Waals surface area contributed by atoms with Gasteiger partial charge in [-0.05, 0) is 54.8 Å². The number of benzene rings is 2. The van der Waals surface area contributed by atoms with Crippen molar-refractivity contribution in [1.29, 1.82) is 0 Å². The Morgan fingerprint density at radius 3 is 2.82 bits per heavy atom. The average Bonchev–Trinajstić information content (AvgIpc) is 3.52.